The van der Waals surface area contributed by atoms with E-state index in [1.54, 1.807) is 19.4 Å². The summed E-state index contributed by atoms with van der Waals surface area (Å²) in [4.78, 5) is 19.1. The summed E-state index contributed by atoms with van der Waals surface area (Å²) in [6, 6.07) is 13.1. The summed E-state index contributed by atoms with van der Waals surface area (Å²) in [6.07, 6.45) is 3.85. The molecular weight excluding hydrogens is 304 g/mol. The Hall–Kier alpha value is -2.56. The lowest BCUT2D eigenvalue weighted by molar-refractivity contribution is 0.0664. The number of aromatic nitrogens is 1. The van der Waals surface area contributed by atoms with Crippen molar-refractivity contribution < 1.29 is 14.3 Å². The lowest BCUT2D eigenvalue weighted by atomic mass is 10.1. The van der Waals surface area contributed by atoms with E-state index < -0.39 is 0 Å². The zero-order chi connectivity index (χ0) is 16.5. The van der Waals surface area contributed by atoms with Gasteiger partial charge in [-0.15, -0.1) is 0 Å². The van der Waals surface area contributed by atoms with Gasteiger partial charge in [0, 0.05) is 30.3 Å². The molecule has 1 saturated heterocycles. The molecule has 1 aliphatic carbocycles. The number of methoxy groups -OCH3 is 1. The Morgan fingerprint density at radius 2 is 2.12 bits per heavy atom. The average molecular weight is 324 g/mol. The molecule has 1 aromatic heterocycles. The van der Waals surface area contributed by atoms with Crippen molar-refractivity contribution in [1.29, 1.82) is 0 Å². The van der Waals surface area contributed by atoms with Gasteiger partial charge in [-0.3, -0.25) is 4.79 Å². The molecule has 5 heteroatoms. The maximum Gasteiger partial charge on any atom is 0.254 e. The van der Waals surface area contributed by atoms with Crippen molar-refractivity contribution in [2.24, 2.45) is 5.92 Å². The third-order valence-corrected chi connectivity index (χ3v) is 4.98. The van der Waals surface area contributed by atoms with E-state index in [0.717, 1.165) is 19.4 Å². The van der Waals surface area contributed by atoms with Gasteiger partial charge in [-0.25, -0.2) is 4.98 Å². The average Bonchev–Trinajstić information content (AvgIpc) is 3.19. The van der Waals surface area contributed by atoms with Crippen molar-refractivity contribution in [1.82, 2.24) is 9.88 Å². The van der Waals surface area contributed by atoms with Crippen molar-refractivity contribution in [2.75, 3.05) is 13.7 Å². The number of benzene rings is 1. The van der Waals surface area contributed by atoms with Gasteiger partial charge in [-0.2, -0.15) is 0 Å². The molecule has 0 N–H and O–H groups in total. The maximum atomic E-state index is 12.9. The molecule has 1 aliphatic heterocycles. The highest BCUT2D eigenvalue weighted by atomic mass is 16.5. The van der Waals surface area contributed by atoms with Gasteiger partial charge >= 0.3 is 0 Å². The van der Waals surface area contributed by atoms with E-state index >= 15 is 0 Å². The van der Waals surface area contributed by atoms with E-state index in [0.29, 0.717) is 23.1 Å². The molecule has 0 unspecified atom stereocenters. The molecule has 2 bridgehead atoms. The molecule has 2 fully saturated rings. The maximum absolute atomic E-state index is 12.9. The van der Waals surface area contributed by atoms with E-state index in [1.807, 2.05) is 41.3 Å². The molecule has 4 rings (SSSR count). The molecule has 0 radical (unpaired) electrons. The van der Waals surface area contributed by atoms with Crippen LogP contribution in [0.2, 0.25) is 0 Å². The van der Waals surface area contributed by atoms with Crippen LogP contribution >= 0.6 is 0 Å². The Balaban J connectivity index is 1.52. The van der Waals surface area contributed by atoms with Gasteiger partial charge in [0.1, 0.15) is 11.9 Å². The first-order valence-corrected chi connectivity index (χ1v) is 8.29. The number of fused-ring (bicyclic) bond motifs is 2. The molecule has 5 nitrogen and oxygen atoms in total. The number of carbonyl (C=O) groups is 1. The van der Waals surface area contributed by atoms with Crippen LogP contribution in [0.25, 0.3) is 0 Å². The van der Waals surface area contributed by atoms with E-state index in [2.05, 4.69) is 4.98 Å². The van der Waals surface area contributed by atoms with E-state index in [1.165, 1.54) is 0 Å². The van der Waals surface area contributed by atoms with E-state index in [-0.39, 0.29) is 18.1 Å². The predicted octanol–water partition coefficient (Wildman–Crippen LogP) is 2.77. The third kappa shape index (κ3) is 2.60. The first-order valence-electron chi connectivity index (χ1n) is 8.29. The largest absolute Gasteiger partial charge is 0.497 e. The Kier molecular flexibility index (Phi) is 3.84. The molecule has 24 heavy (non-hydrogen) atoms. The quantitative estimate of drug-likeness (QED) is 0.868. The normalized spacial score (nSPS) is 24.9. The van der Waals surface area contributed by atoms with Crippen LogP contribution in [0.5, 0.6) is 11.6 Å². The van der Waals surface area contributed by atoms with Crippen LogP contribution in [0.3, 0.4) is 0 Å². The monoisotopic (exact) mass is 324 g/mol. The summed E-state index contributed by atoms with van der Waals surface area (Å²) in [5.41, 5.74) is 0.665. The molecule has 124 valence electrons. The van der Waals surface area contributed by atoms with Gasteiger partial charge in [-0.05, 0) is 37.1 Å². The van der Waals surface area contributed by atoms with E-state index in [9.17, 15) is 4.79 Å². The van der Waals surface area contributed by atoms with Crippen molar-refractivity contribution in [3.63, 3.8) is 0 Å². The third-order valence-electron chi connectivity index (χ3n) is 4.98. The second-order valence-corrected chi connectivity index (χ2v) is 6.34. The van der Waals surface area contributed by atoms with Crippen LogP contribution in [0.15, 0.2) is 48.7 Å². The molecule has 2 aromatic rings. The van der Waals surface area contributed by atoms with Crippen molar-refractivity contribution in [3.8, 4) is 11.6 Å². The number of carbonyl (C=O) groups excluding carboxylic acids is 1. The standard InChI is InChI=1S/C19H20N2O3/c1-23-15-6-4-5-13(11-15)19(22)21-12-14-8-9-16(21)18(14)24-17-7-2-3-10-20-17/h2-7,10-11,14,16,18H,8-9,12H2,1H3/t14-,16+,18-/m1/s1. The Bertz CT molecular complexity index is 734. The minimum absolute atomic E-state index is 0.0365. The molecule has 2 aliphatic rings. The Morgan fingerprint density at radius 1 is 1.21 bits per heavy atom. The number of likely N-dealkylation sites (tertiary alicyclic amines) is 1. The minimum Gasteiger partial charge on any atom is -0.497 e. The van der Waals surface area contributed by atoms with Gasteiger partial charge in [0.15, 0.2) is 0 Å². The van der Waals surface area contributed by atoms with Gasteiger partial charge in [0.05, 0.1) is 13.2 Å². The summed E-state index contributed by atoms with van der Waals surface area (Å²) < 4.78 is 11.3. The second-order valence-electron chi connectivity index (χ2n) is 6.34. The van der Waals surface area contributed by atoms with Crippen LogP contribution in [0.4, 0.5) is 0 Å². The Morgan fingerprint density at radius 3 is 2.92 bits per heavy atom. The number of piperidine rings is 1. The summed E-state index contributed by atoms with van der Waals surface area (Å²) in [5.74, 6) is 1.77. The highest BCUT2D eigenvalue weighted by Crippen LogP contribution is 2.40. The van der Waals surface area contributed by atoms with Crippen molar-refractivity contribution >= 4 is 5.91 Å². The summed E-state index contributed by atoms with van der Waals surface area (Å²) in [6.45, 7) is 0.748. The summed E-state index contributed by atoms with van der Waals surface area (Å²) in [7, 11) is 1.61. The van der Waals surface area contributed by atoms with Crippen molar-refractivity contribution in [2.45, 2.75) is 25.0 Å². The fraction of sp³-hybridized carbons (Fsp3) is 0.368. The van der Waals surface area contributed by atoms with Crippen LogP contribution < -0.4 is 9.47 Å². The number of hydrogen-bond donors (Lipinski definition) is 0. The Labute approximate surface area is 141 Å². The van der Waals surface area contributed by atoms with Gasteiger partial charge in [0.2, 0.25) is 5.88 Å². The number of hydrogen-bond acceptors (Lipinski definition) is 4. The van der Waals surface area contributed by atoms with Crippen molar-refractivity contribution in [3.05, 3.63) is 54.2 Å². The SMILES string of the molecule is COc1cccc(C(=O)N2C[C@H]3CC[C@H]2[C@@H]3Oc2ccccn2)c1. The number of nitrogens with zero attached hydrogens (tertiary/aromatic N) is 2. The summed E-state index contributed by atoms with van der Waals surface area (Å²) >= 11 is 0. The lowest BCUT2D eigenvalue weighted by Crippen LogP contribution is -2.40. The molecule has 1 saturated carbocycles. The molecule has 1 amide bonds. The number of amides is 1. The lowest BCUT2D eigenvalue weighted by Gasteiger charge is -2.27. The first-order chi connectivity index (χ1) is 11.8. The van der Waals surface area contributed by atoms with Gasteiger partial charge in [-0.1, -0.05) is 12.1 Å². The van der Waals surface area contributed by atoms with Crippen LogP contribution in [-0.2, 0) is 0 Å². The second kappa shape index (κ2) is 6.15. The van der Waals surface area contributed by atoms with Crippen LogP contribution in [0.1, 0.15) is 23.2 Å². The number of ether oxygens (including phenoxy) is 2. The molecule has 1 aromatic carbocycles. The van der Waals surface area contributed by atoms with Crippen LogP contribution in [-0.4, -0.2) is 41.6 Å². The van der Waals surface area contributed by atoms with E-state index in [4.69, 9.17) is 9.47 Å². The fourth-order valence-corrected chi connectivity index (χ4v) is 3.83. The predicted molar refractivity (Wildman–Crippen MR) is 89.2 cm³/mol. The fourth-order valence-electron chi connectivity index (χ4n) is 3.83. The zero-order valence-corrected chi connectivity index (χ0v) is 13.6. The topological polar surface area (TPSA) is 51.7 Å². The minimum atomic E-state index is 0.0365. The molecular formula is C19H20N2O3. The van der Waals surface area contributed by atoms with Gasteiger partial charge in [0.25, 0.3) is 5.91 Å². The number of rotatable bonds is 4. The van der Waals surface area contributed by atoms with Crippen LogP contribution in [0, 0.1) is 5.92 Å². The molecule has 2 heterocycles. The molecule has 0 spiro atoms. The summed E-state index contributed by atoms with van der Waals surface area (Å²) in [5, 5.41) is 0. The first kappa shape index (κ1) is 15.0. The highest BCUT2D eigenvalue weighted by molar-refractivity contribution is 5.95. The molecule has 3 atom stereocenters. The number of pyridine rings is 1. The highest BCUT2D eigenvalue weighted by Gasteiger charge is 2.50. The smallest absolute Gasteiger partial charge is 0.254 e. The zero-order valence-electron chi connectivity index (χ0n) is 13.6. The van der Waals surface area contributed by atoms with Gasteiger partial charge < -0.3 is 14.4 Å².